The third-order valence-corrected chi connectivity index (χ3v) is 8.22. The van der Waals surface area contributed by atoms with Gasteiger partial charge in [0.1, 0.15) is 13.2 Å². The molecule has 0 aromatic heterocycles. The molecule has 36 heteroatoms. The zero-order valence-electron chi connectivity index (χ0n) is 29.4. The van der Waals surface area contributed by atoms with E-state index < -0.39 is 135 Å². The molecule has 0 amide bonds. The standard InChI is InChI=1S/C27H22F34O2/c28-12(29,14(32,33)16(36,37)18(40,41)20(44,45)22(48,49)24(52,53)26(56,57)58)10-62-8-6-4-2-1-3-5-7-9-63-11-13(30,31)15(34,35)17(38,39)19(42,43)21(46,47)23(50,51)25(54,55)27(59,60)61/h1-11H2. The number of halogens is 34. The van der Waals surface area contributed by atoms with Crippen LogP contribution in [0.5, 0.6) is 0 Å². The molecule has 0 aliphatic heterocycles. The van der Waals surface area contributed by atoms with Crippen LogP contribution in [0.15, 0.2) is 0 Å². The van der Waals surface area contributed by atoms with Crippen LogP contribution in [-0.4, -0.2) is 122 Å². The van der Waals surface area contributed by atoms with Crippen LogP contribution in [0, 0.1) is 0 Å². The highest BCUT2D eigenvalue weighted by atomic mass is 19.4. The third kappa shape index (κ3) is 9.84. The molecule has 0 heterocycles. The zero-order valence-corrected chi connectivity index (χ0v) is 29.4. The van der Waals surface area contributed by atoms with E-state index in [4.69, 9.17) is 0 Å². The molecule has 0 aliphatic rings. The van der Waals surface area contributed by atoms with Crippen molar-refractivity contribution in [1.29, 1.82) is 0 Å². The average Bonchev–Trinajstić information content (AvgIpc) is 3.08. The summed E-state index contributed by atoms with van der Waals surface area (Å²) in [5.74, 6) is -116. The molecule has 0 saturated carbocycles. The van der Waals surface area contributed by atoms with Crippen LogP contribution in [0.1, 0.15) is 44.9 Å². The number of hydrogen-bond donors (Lipinski definition) is 0. The lowest BCUT2D eigenvalue weighted by atomic mass is 9.89. The summed E-state index contributed by atoms with van der Waals surface area (Å²) in [5, 5.41) is 0. The lowest BCUT2D eigenvalue weighted by molar-refractivity contribution is -0.462. The Morgan fingerprint density at radius 2 is 0.349 bits per heavy atom. The van der Waals surface area contributed by atoms with Crippen molar-refractivity contribution >= 4 is 0 Å². The van der Waals surface area contributed by atoms with Gasteiger partial charge in [0, 0.05) is 13.2 Å². The van der Waals surface area contributed by atoms with Crippen LogP contribution >= 0.6 is 0 Å². The second-order valence-corrected chi connectivity index (χ2v) is 12.9. The molecule has 0 rings (SSSR count). The predicted molar refractivity (Wildman–Crippen MR) is 135 cm³/mol. The highest BCUT2D eigenvalue weighted by Gasteiger charge is 2.97. The second-order valence-electron chi connectivity index (χ2n) is 12.9. The highest BCUT2D eigenvalue weighted by Crippen LogP contribution is 2.66. The van der Waals surface area contributed by atoms with Gasteiger partial charge < -0.3 is 9.47 Å². The molecule has 0 unspecified atom stereocenters. The van der Waals surface area contributed by atoms with E-state index in [1.807, 2.05) is 0 Å². The minimum absolute atomic E-state index is 0.108. The van der Waals surface area contributed by atoms with Gasteiger partial charge in [-0.05, 0) is 12.8 Å². The van der Waals surface area contributed by atoms with Crippen molar-refractivity contribution in [2.45, 2.75) is 140 Å². The lowest BCUT2D eigenvalue weighted by Crippen LogP contribution is -2.74. The first kappa shape index (κ1) is 60.5. The topological polar surface area (TPSA) is 18.5 Å². The molecule has 0 atom stereocenters. The maximum atomic E-state index is 13.8. The van der Waals surface area contributed by atoms with E-state index in [-0.39, 0.29) is 32.1 Å². The number of alkyl halides is 34. The summed E-state index contributed by atoms with van der Waals surface area (Å²) in [7, 11) is 0. The van der Waals surface area contributed by atoms with Crippen molar-refractivity contribution in [3.05, 3.63) is 0 Å². The Morgan fingerprint density at radius 3 is 0.540 bits per heavy atom. The van der Waals surface area contributed by atoms with E-state index in [1.165, 1.54) is 0 Å². The van der Waals surface area contributed by atoms with Crippen LogP contribution in [0.4, 0.5) is 149 Å². The Balaban J connectivity index is 5.19. The maximum Gasteiger partial charge on any atom is 0.460 e. The van der Waals surface area contributed by atoms with Crippen molar-refractivity contribution < 1.29 is 159 Å². The van der Waals surface area contributed by atoms with E-state index >= 15 is 0 Å². The fourth-order valence-electron chi connectivity index (χ4n) is 4.27. The second kappa shape index (κ2) is 18.0. The predicted octanol–water partition coefficient (Wildman–Crippen LogP) is 13.8. The first-order valence-electron chi connectivity index (χ1n) is 15.8. The SMILES string of the molecule is FC(F)(F)C(F)(F)C(F)(F)C(F)(F)C(F)(F)C(F)(F)C(F)(F)C(F)(F)COCCCCCCCCCOCC(F)(F)C(F)(F)C(F)(F)C(F)(F)C(F)(F)C(F)(F)C(F)(F)C(F)(F)F. The number of hydrogen-bond acceptors (Lipinski definition) is 2. The quantitative estimate of drug-likeness (QED) is 0.0635. The first-order chi connectivity index (χ1) is 27.2. The maximum absolute atomic E-state index is 13.8. The summed E-state index contributed by atoms with van der Waals surface area (Å²) >= 11 is 0. The van der Waals surface area contributed by atoms with Gasteiger partial charge in [-0.3, -0.25) is 0 Å². The van der Waals surface area contributed by atoms with Crippen LogP contribution in [-0.2, 0) is 9.47 Å². The molecule has 0 saturated heterocycles. The van der Waals surface area contributed by atoms with E-state index in [0.717, 1.165) is 0 Å². The van der Waals surface area contributed by atoms with Gasteiger partial charge >= 0.3 is 95.3 Å². The van der Waals surface area contributed by atoms with Crippen LogP contribution in [0.2, 0.25) is 0 Å². The minimum Gasteiger partial charge on any atom is -0.375 e. The van der Waals surface area contributed by atoms with E-state index in [9.17, 15) is 149 Å². The minimum atomic E-state index is -8.83. The molecule has 0 spiro atoms. The zero-order chi connectivity index (χ0) is 51.2. The van der Waals surface area contributed by atoms with Crippen molar-refractivity contribution in [2.75, 3.05) is 26.4 Å². The normalized spacial score (nSPS) is 16.3. The van der Waals surface area contributed by atoms with Gasteiger partial charge in [-0.15, -0.1) is 0 Å². The van der Waals surface area contributed by atoms with E-state index in [1.54, 1.807) is 0 Å². The molecule has 0 fully saturated rings. The lowest BCUT2D eigenvalue weighted by Gasteiger charge is -2.42. The molecule has 0 radical (unpaired) electrons. The monoisotopic (exact) mass is 1020 g/mol. The van der Waals surface area contributed by atoms with Crippen molar-refractivity contribution in [2.24, 2.45) is 0 Å². The molecule has 2 nitrogen and oxygen atoms in total. The number of unbranched alkanes of at least 4 members (excludes halogenated alkanes) is 6. The van der Waals surface area contributed by atoms with Crippen LogP contribution < -0.4 is 0 Å². The van der Waals surface area contributed by atoms with Crippen molar-refractivity contribution in [3.63, 3.8) is 0 Å². The van der Waals surface area contributed by atoms with Crippen molar-refractivity contribution in [1.82, 2.24) is 0 Å². The van der Waals surface area contributed by atoms with Gasteiger partial charge in [-0.1, -0.05) is 32.1 Å². The molecule has 0 bridgehead atoms. The molecule has 0 N–H and O–H groups in total. The fourth-order valence-corrected chi connectivity index (χ4v) is 4.27. The first-order valence-corrected chi connectivity index (χ1v) is 15.8. The Hall–Kier alpha value is -2.46. The number of ether oxygens (including phenoxy) is 2. The fraction of sp³-hybridized carbons (Fsp3) is 1.00. The van der Waals surface area contributed by atoms with Gasteiger partial charge in [0.2, 0.25) is 0 Å². The average molecular weight is 1020 g/mol. The smallest absolute Gasteiger partial charge is 0.375 e. The van der Waals surface area contributed by atoms with Crippen molar-refractivity contribution in [3.8, 4) is 0 Å². The summed E-state index contributed by atoms with van der Waals surface area (Å²) in [6, 6.07) is 0. The summed E-state index contributed by atoms with van der Waals surface area (Å²) in [4.78, 5) is 0. The molecule has 0 aromatic rings. The summed E-state index contributed by atoms with van der Waals surface area (Å²) in [5.41, 5.74) is 0. The largest absolute Gasteiger partial charge is 0.460 e. The van der Waals surface area contributed by atoms with Gasteiger partial charge in [-0.2, -0.15) is 149 Å². The Morgan fingerprint density at radius 1 is 0.190 bits per heavy atom. The Kier molecular flexibility index (Phi) is 17.3. The molecule has 0 aliphatic carbocycles. The van der Waals surface area contributed by atoms with Crippen LogP contribution in [0.3, 0.4) is 0 Å². The van der Waals surface area contributed by atoms with Gasteiger partial charge in [0.05, 0.1) is 0 Å². The Bertz CT molecular complexity index is 1370. The van der Waals surface area contributed by atoms with E-state index in [2.05, 4.69) is 9.47 Å². The third-order valence-electron chi connectivity index (χ3n) is 8.22. The molecular formula is C27H22F34O2. The summed E-state index contributed by atoms with van der Waals surface area (Å²) in [6.07, 6.45) is -18.1. The van der Waals surface area contributed by atoms with Crippen LogP contribution in [0.25, 0.3) is 0 Å². The number of rotatable bonds is 26. The molecular weight excluding hydrogens is 1000 g/mol. The van der Waals surface area contributed by atoms with Gasteiger partial charge in [-0.25, -0.2) is 0 Å². The molecule has 63 heavy (non-hydrogen) atoms. The van der Waals surface area contributed by atoms with E-state index in [0.29, 0.717) is 0 Å². The van der Waals surface area contributed by atoms with Gasteiger partial charge in [0.15, 0.2) is 0 Å². The summed E-state index contributed by atoms with van der Waals surface area (Å²) in [6.45, 7) is -8.86. The highest BCUT2D eigenvalue weighted by molar-refractivity contribution is 5.16. The summed E-state index contributed by atoms with van der Waals surface area (Å²) < 4.78 is 458. The molecule has 380 valence electrons. The Labute approximate surface area is 326 Å². The van der Waals surface area contributed by atoms with Gasteiger partial charge in [0.25, 0.3) is 0 Å². The molecule has 0 aromatic carbocycles.